The number of hydrogen-bond donors (Lipinski definition) is 0. The molecule has 0 aromatic heterocycles. The van der Waals surface area contributed by atoms with Gasteiger partial charge in [-0.3, -0.25) is 0 Å². The van der Waals surface area contributed by atoms with Gasteiger partial charge in [-0.25, -0.2) is 22.0 Å². The molecule has 0 N–H and O–H groups in total. The first-order valence-electron chi connectivity index (χ1n) is 10.0. The number of halogens is 5. The second-order valence-corrected chi connectivity index (χ2v) is 7.88. The molecular formula is C23H25F5. The van der Waals surface area contributed by atoms with E-state index in [2.05, 4.69) is 6.92 Å². The highest BCUT2D eigenvalue weighted by Crippen LogP contribution is 2.34. The predicted octanol–water partition coefficient (Wildman–Crippen LogP) is 7.59. The molecule has 0 atom stereocenters. The van der Waals surface area contributed by atoms with Gasteiger partial charge in [-0.05, 0) is 60.1 Å². The summed E-state index contributed by atoms with van der Waals surface area (Å²) in [5.74, 6) is -4.89. The molecule has 0 bridgehead atoms. The Morgan fingerprint density at radius 1 is 0.750 bits per heavy atom. The van der Waals surface area contributed by atoms with E-state index in [-0.39, 0.29) is 5.56 Å². The van der Waals surface area contributed by atoms with Gasteiger partial charge in [0.15, 0.2) is 17.5 Å². The van der Waals surface area contributed by atoms with Crippen LogP contribution in [0.1, 0.15) is 57.4 Å². The maximum Gasteiger partial charge on any atom is 0.194 e. The first kappa shape index (κ1) is 20.8. The highest BCUT2D eigenvalue weighted by atomic mass is 19.2. The van der Waals surface area contributed by atoms with Crippen LogP contribution >= 0.6 is 0 Å². The molecule has 0 heterocycles. The van der Waals surface area contributed by atoms with Gasteiger partial charge >= 0.3 is 0 Å². The van der Waals surface area contributed by atoms with Gasteiger partial charge in [0.1, 0.15) is 11.6 Å². The van der Waals surface area contributed by atoms with Crippen molar-refractivity contribution < 1.29 is 22.0 Å². The predicted molar refractivity (Wildman–Crippen MR) is 100 cm³/mol. The van der Waals surface area contributed by atoms with Crippen molar-refractivity contribution in [1.29, 1.82) is 0 Å². The smallest absolute Gasteiger partial charge is 0.194 e. The van der Waals surface area contributed by atoms with E-state index in [1.807, 2.05) is 0 Å². The van der Waals surface area contributed by atoms with Crippen LogP contribution in [0.2, 0.25) is 0 Å². The minimum Gasteiger partial charge on any atom is -0.206 e. The molecule has 152 valence electrons. The summed E-state index contributed by atoms with van der Waals surface area (Å²) in [4.78, 5) is 0. The Bertz CT molecular complexity index is 776. The van der Waals surface area contributed by atoms with Crippen LogP contribution in [-0.4, -0.2) is 0 Å². The zero-order valence-electron chi connectivity index (χ0n) is 16.0. The summed E-state index contributed by atoms with van der Waals surface area (Å²) in [7, 11) is 0. The zero-order chi connectivity index (χ0) is 20.3. The summed E-state index contributed by atoms with van der Waals surface area (Å²) in [5, 5.41) is 0. The molecule has 28 heavy (non-hydrogen) atoms. The van der Waals surface area contributed by atoms with Crippen molar-refractivity contribution >= 4 is 0 Å². The SMILES string of the molecule is CCC1CCC(CCCc2cc(F)c(-c3cc(F)c(F)c(F)c3)c(F)c2)CC1. The Morgan fingerprint density at radius 2 is 1.29 bits per heavy atom. The minimum atomic E-state index is -1.66. The molecule has 5 heteroatoms. The molecule has 1 saturated carbocycles. The van der Waals surface area contributed by atoms with Crippen LogP contribution in [-0.2, 0) is 6.42 Å². The molecule has 1 aliphatic carbocycles. The third-order valence-electron chi connectivity index (χ3n) is 6.00. The lowest BCUT2D eigenvalue weighted by Gasteiger charge is -2.27. The van der Waals surface area contributed by atoms with Crippen LogP contribution in [0.25, 0.3) is 11.1 Å². The fraction of sp³-hybridized carbons (Fsp3) is 0.478. The highest BCUT2D eigenvalue weighted by Gasteiger charge is 2.20. The molecule has 0 saturated heterocycles. The molecule has 0 spiro atoms. The zero-order valence-corrected chi connectivity index (χ0v) is 16.0. The van der Waals surface area contributed by atoms with Gasteiger partial charge < -0.3 is 0 Å². The van der Waals surface area contributed by atoms with E-state index in [0.717, 1.165) is 18.8 Å². The van der Waals surface area contributed by atoms with Crippen molar-refractivity contribution in [2.45, 2.75) is 58.3 Å². The molecule has 0 unspecified atom stereocenters. The number of hydrogen-bond acceptors (Lipinski definition) is 0. The molecule has 1 aliphatic rings. The van der Waals surface area contributed by atoms with Crippen molar-refractivity contribution in [3.8, 4) is 11.1 Å². The van der Waals surface area contributed by atoms with Gasteiger partial charge in [0.2, 0.25) is 0 Å². The van der Waals surface area contributed by atoms with Gasteiger partial charge in [0.25, 0.3) is 0 Å². The van der Waals surface area contributed by atoms with E-state index >= 15 is 0 Å². The topological polar surface area (TPSA) is 0 Å². The third kappa shape index (κ3) is 4.73. The number of benzene rings is 2. The van der Waals surface area contributed by atoms with E-state index in [0.29, 0.717) is 30.0 Å². The van der Waals surface area contributed by atoms with Crippen LogP contribution < -0.4 is 0 Å². The second-order valence-electron chi connectivity index (χ2n) is 7.88. The van der Waals surface area contributed by atoms with E-state index in [4.69, 9.17) is 0 Å². The molecule has 2 aromatic rings. The average Bonchev–Trinajstić information content (AvgIpc) is 2.66. The van der Waals surface area contributed by atoms with Gasteiger partial charge in [-0.2, -0.15) is 0 Å². The van der Waals surface area contributed by atoms with Crippen LogP contribution in [0.3, 0.4) is 0 Å². The van der Waals surface area contributed by atoms with Gasteiger partial charge in [0.05, 0.1) is 5.56 Å². The highest BCUT2D eigenvalue weighted by molar-refractivity contribution is 5.65. The minimum absolute atomic E-state index is 0.356. The Kier molecular flexibility index (Phi) is 6.73. The molecule has 3 rings (SSSR count). The van der Waals surface area contributed by atoms with Gasteiger partial charge in [-0.15, -0.1) is 0 Å². The fourth-order valence-corrected chi connectivity index (χ4v) is 4.27. The van der Waals surface area contributed by atoms with E-state index in [1.165, 1.54) is 44.2 Å². The van der Waals surface area contributed by atoms with Crippen molar-refractivity contribution in [3.63, 3.8) is 0 Å². The van der Waals surface area contributed by atoms with Crippen LogP contribution in [0.15, 0.2) is 24.3 Å². The lowest BCUT2D eigenvalue weighted by atomic mass is 9.79. The Hall–Kier alpha value is -1.91. The quantitative estimate of drug-likeness (QED) is 0.349. The second kappa shape index (κ2) is 9.06. The molecule has 2 aromatic carbocycles. The molecule has 0 radical (unpaired) electrons. The third-order valence-corrected chi connectivity index (χ3v) is 6.00. The summed E-state index contributed by atoms with van der Waals surface area (Å²) in [6.45, 7) is 2.23. The summed E-state index contributed by atoms with van der Waals surface area (Å²) < 4.78 is 68.8. The monoisotopic (exact) mass is 396 g/mol. The lowest BCUT2D eigenvalue weighted by molar-refractivity contribution is 0.255. The van der Waals surface area contributed by atoms with E-state index in [1.54, 1.807) is 0 Å². The summed E-state index contributed by atoms with van der Waals surface area (Å²) in [5.41, 5.74) is -0.380. The van der Waals surface area contributed by atoms with Gasteiger partial charge in [-0.1, -0.05) is 45.4 Å². The number of rotatable bonds is 6. The molecule has 0 aliphatic heterocycles. The maximum absolute atomic E-state index is 14.4. The Balaban J connectivity index is 1.65. The van der Waals surface area contributed by atoms with Crippen LogP contribution in [0.4, 0.5) is 22.0 Å². The fourth-order valence-electron chi connectivity index (χ4n) is 4.27. The molecule has 1 fully saturated rings. The molecule has 0 amide bonds. The standard InChI is InChI=1S/C23H25F5/c1-2-14-6-8-15(9-7-14)4-3-5-16-10-18(24)22(19(25)11-16)17-12-20(26)23(28)21(27)13-17/h10-15H,2-9H2,1H3. The van der Waals surface area contributed by atoms with Gasteiger partial charge in [0, 0.05) is 0 Å². The Labute approximate surface area is 162 Å². The van der Waals surface area contributed by atoms with Crippen molar-refractivity contribution in [2.24, 2.45) is 11.8 Å². The summed E-state index contributed by atoms with van der Waals surface area (Å²) >= 11 is 0. The first-order valence-corrected chi connectivity index (χ1v) is 10.0. The summed E-state index contributed by atoms with van der Waals surface area (Å²) in [6, 6.07) is 3.61. The molecular weight excluding hydrogens is 371 g/mol. The van der Waals surface area contributed by atoms with Crippen molar-refractivity contribution in [1.82, 2.24) is 0 Å². The first-order chi connectivity index (χ1) is 13.4. The lowest BCUT2D eigenvalue weighted by Crippen LogP contribution is -2.14. The van der Waals surface area contributed by atoms with Crippen molar-refractivity contribution in [2.75, 3.05) is 0 Å². The van der Waals surface area contributed by atoms with Crippen LogP contribution in [0, 0.1) is 40.9 Å². The van der Waals surface area contributed by atoms with E-state index in [9.17, 15) is 22.0 Å². The Morgan fingerprint density at radius 3 is 1.82 bits per heavy atom. The normalized spacial score (nSPS) is 19.8. The largest absolute Gasteiger partial charge is 0.206 e. The van der Waals surface area contributed by atoms with Crippen LogP contribution in [0.5, 0.6) is 0 Å². The van der Waals surface area contributed by atoms with E-state index < -0.39 is 34.6 Å². The maximum atomic E-state index is 14.4. The number of aryl methyl sites for hydroxylation is 1. The average molecular weight is 396 g/mol. The summed E-state index contributed by atoms with van der Waals surface area (Å²) in [6.07, 6.45) is 8.65. The molecule has 0 nitrogen and oxygen atoms in total. The van der Waals surface area contributed by atoms with Crippen molar-refractivity contribution in [3.05, 3.63) is 58.9 Å².